The molecule has 0 aliphatic carbocycles. The van der Waals surface area contributed by atoms with Crippen molar-refractivity contribution in [3.8, 4) is 0 Å². The van der Waals surface area contributed by atoms with Crippen LogP contribution in [0.1, 0.15) is 23.0 Å². The van der Waals surface area contributed by atoms with Crippen LogP contribution in [0.2, 0.25) is 0 Å². The molecule has 6 heteroatoms. The monoisotopic (exact) mass is 289 g/mol. The number of rotatable bonds is 1. The van der Waals surface area contributed by atoms with Gasteiger partial charge in [-0.15, -0.1) is 5.10 Å². The molecular weight excluding hydrogens is 278 g/mol. The predicted molar refractivity (Wildman–Crippen MR) is 62.3 cm³/mol. The normalized spacial score (nSPS) is 26.7. The molecule has 2 rings (SSSR count). The lowest BCUT2D eigenvalue weighted by atomic mass is 10.00. The maximum absolute atomic E-state index is 12.0. The molecule has 82 valence electrons. The highest BCUT2D eigenvalue weighted by atomic mass is 79.9. The Morgan fingerprint density at radius 1 is 1.73 bits per heavy atom. The zero-order valence-electron chi connectivity index (χ0n) is 8.39. The van der Waals surface area contributed by atoms with Gasteiger partial charge in [-0.3, -0.25) is 4.79 Å². The van der Waals surface area contributed by atoms with Crippen LogP contribution in [0.15, 0.2) is 6.20 Å². The Morgan fingerprint density at radius 2 is 2.53 bits per heavy atom. The predicted octanol–water partition coefficient (Wildman–Crippen LogP) is 1.78. The van der Waals surface area contributed by atoms with Crippen LogP contribution in [-0.2, 0) is 0 Å². The fourth-order valence-electron chi connectivity index (χ4n) is 1.72. The third-order valence-corrected chi connectivity index (χ3v) is 4.67. The number of nitrogens with zero attached hydrogens (tertiary/aromatic N) is 3. The Balaban J connectivity index is 2.03. The number of halogens is 1. The summed E-state index contributed by atoms with van der Waals surface area (Å²) in [6.45, 7) is 3.79. The highest BCUT2D eigenvalue weighted by Gasteiger charge is 2.28. The van der Waals surface area contributed by atoms with E-state index >= 15 is 0 Å². The molecular formula is C9H12BrN3OS. The van der Waals surface area contributed by atoms with Gasteiger partial charge in [-0.1, -0.05) is 27.3 Å². The van der Waals surface area contributed by atoms with E-state index in [-0.39, 0.29) is 5.91 Å². The molecule has 0 bridgehead atoms. The van der Waals surface area contributed by atoms with Gasteiger partial charge in [-0.2, -0.15) is 0 Å². The number of hydrogen-bond acceptors (Lipinski definition) is 4. The van der Waals surface area contributed by atoms with Crippen molar-refractivity contribution in [3.05, 3.63) is 11.1 Å². The Kier molecular flexibility index (Phi) is 3.35. The number of amides is 1. The fourth-order valence-corrected chi connectivity index (χ4v) is 2.57. The lowest BCUT2D eigenvalue weighted by Gasteiger charge is -2.33. The van der Waals surface area contributed by atoms with Crippen LogP contribution < -0.4 is 0 Å². The number of carbonyl (C=O) groups is 1. The number of piperidine rings is 1. The minimum atomic E-state index is 0.0660. The fraction of sp³-hybridized carbons (Fsp3) is 0.667. The van der Waals surface area contributed by atoms with E-state index in [4.69, 9.17) is 0 Å². The SMILES string of the molecule is CC1CN(C(=O)c2cnns2)CCC1Br. The summed E-state index contributed by atoms with van der Waals surface area (Å²) in [5.41, 5.74) is 0. The van der Waals surface area contributed by atoms with Gasteiger partial charge in [0.15, 0.2) is 0 Å². The second kappa shape index (κ2) is 4.57. The van der Waals surface area contributed by atoms with Gasteiger partial charge >= 0.3 is 0 Å². The van der Waals surface area contributed by atoms with Gasteiger partial charge in [0.1, 0.15) is 4.88 Å². The molecule has 2 heterocycles. The summed E-state index contributed by atoms with van der Waals surface area (Å²) in [6.07, 6.45) is 2.55. The highest BCUT2D eigenvalue weighted by molar-refractivity contribution is 9.09. The van der Waals surface area contributed by atoms with Crippen molar-refractivity contribution >= 4 is 33.4 Å². The zero-order chi connectivity index (χ0) is 10.8. The van der Waals surface area contributed by atoms with E-state index in [1.54, 1.807) is 0 Å². The van der Waals surface area contributed by atoms with Crippen LogP contribution in [0.25, 0.3) is 0 Å². The summed E-state index contributed by atoms with van der Waals surface area (Å²) in [6, 6.07) is 0. The van der Waals surface area contributed by atoms with Gasteiger partial charge in [0.25, 0.3) is 5.91 Å². The number of carbonyl (C=O) groups excluding carboxylic acids is 1. The highest BCUT2D eigenvalue weighted by Crippen LogP contribution is 2.24. The summed E-state index contributed by atoms with van der Waals surface area (Å²) >= 11 is 4.78. The average molecular weight is 290 g/mol. The molecule has 1 aromatic heterocycles. The van der Waals surface area contributed by atoms with E-state index < -0.39 is 0 Å². The van der Waals surface area contributed by atoms with Gasteiger partial charge in [0.05, 0.1) is 6.20 Å². The first-order valence-corrected chi connectivity index (χ1v) is 6.58. The smallest absolute Gasteiger partial charge is 0.267 e. The Labute approximate surface area is 101 Å². The van der Waals surface area contributed by atoms with E-state index in [9.17, 15) is 4.79 Å². The topological polar surface area (TPSA) is 46.1 Å². The van der Waals surface area contributed by atoms with Crippen LogP contribution in [0, 0.1) is 5.92 Å². The summed E-state index contributed by atoms with van der Waals surface area (Å²) in [7, 11) is 0. The summed E-state index contributed by atoms with van der Waals surface area (Å²) in [5.74, 6) is 0.569. The van der Waals surface area contributed by atoms with Gasteiger partial charge < -0.3 is 4.90 Å². The van der Waals surface area contributed by atoms with Crippen molar-refractivity contribution in [3.63, 3.8) is 0 Å². The molecule has 0 saturated carbocycles. The molecule has 0 aromatic carbocycles. The van der Waals surface area contributed by atoms with E-state index in [1.807, 2.05) is 4.90 Å². The molecule has 1 aromatic rings. The molecule has 2 unspecified atom stereocenters. The van der Waals surface area contributed by atoms with E-state index in [1.165, 1.54) is 6.20 Å². The van der Waals surface area contributed by atoms with Crippen molar-refractivity contribution in [2.75, 3.05) is 13.1 Å². The van der Waals surface area contributed by atoms with Crippen molar-refractivity contribution in [2.24, 2.45) is 5.92 Å². The Hall–Kier alpha value is -0.490. The molecule has 1 saturated heterocycles. The maximum Gasteiger partial charge on any atom is 0.267 e. The van der Waals surface area contributed by atoms with Crippen LogP contribution in [0.3, 0.4) is 0 Å². The molecule has 1 aliphatic heterocycles. The first-order chi connectivity index (χ1) is 7.18. The van der Waals surface area contributed by atoms with Gasteiger partial charge in [0, 0.05) is 17.9 Å². The average Bonchev–Trinajstić information content (AvgIpc) is 2.74. The van der Waals surface area contributed by atoms with E-state index in [0.717, 1.165) is 31.0 Å². The van der Waals surface area contributed by atoms with Gasteiger partial charge in [-0.05, 0) is 23.9 Å². The Morgan fingerprint density at radius 3 is 3.13 bits per heavy atom. The number of alkyl halides is 1. The van der Waals surface area contributed by atoms with Crippen LogP contribution in [-0.4, -0.2) is 38.3 Å². The summed E-state index contributed by atoms with van der Waals surface area (Å²) in [4.78, 5) is 15.0. The second-order valence-electron chi connectivity index (χ2n) is 3.81. The molecule has 1 amide bonds. The molecule has 1 fully saturated rings. The first kappa shape index (κ1) is 11.0. The number of aromatic nitrogens is 2. The Bertz CT molecular complexity index is 343. The van der Waals surface area contributed by atoms with Crippen molar-refractivity contribution in [1.82, 2.24) is 14.5 Å². The summed E-state index contributed by atoms with van der Waals surface area (Å²) in [5, 5.41) is 3.68. The molecule has 1 aliphatic rings. The van der Waals surface area contributed by atoms with E-state index in [2.05, 4.69) is 32.4 Å². The standard InChI is InChI=1S/C9H12BrN3OS/c1-6-5-13(3-2-7(6)10)9(14)8-4-11-12-15-8/h4,6-7H,2-3,5H2,1H3. The summed E-state index contributed by atoms with van der Waals surface area (Å²) < 4.78 is 3.71. The van der Waals surface area contributed by atoms with Gasteiger partial charge in [0.2, 0.25) is 0 Å². The minimum Gasteiger partial charge on any atom is -0.338 e. The molecule has 0 spiro atoms. The molecule has 15 heavy (non-hydrogen) atoms. The third-order valence-electron chi connectivity index (χ3n) is 2.66. The third kappa shape index (κ3) is 2.36. The largest absolute Gasteiger partial charge is 0.338 e. The lowest BCUT2D eigenvalue weighted by Crippen LogP contribution is -2.43. The van der Waals surface area contributed by atoms with Crippen molar-refractivity contribution < 1.29 is 4.79 Å². The number of likely N-dealkylation sites (tertiary alicyclic amines) is 1. The van der Waals surface area contributed by atoms with Crippen LogP contribution in [0.4, 0.5) is 0 Å². The van der Waals surface area contributed by atoms with E-state index in [0.29, 0.717) is 15.6 Å². The van der Waals surface area contributed by atoms with Crippen molar-refractivity contribution in [2.45, 2.75) is 18.2 Å². The second-order valence-corrected chi connectivity index (χ2v) is 5.78. The minimum absolute atomic E-state index is 0.0660. The lowest BCUT2D eigenvalue weighted by molar-refractivity contribution is 0.0695. The molecule has 0 N–H and O–H groups in total. The number of hydrogen-bond donors (Lipinski definition) is 0. The first-order valence-electron chi connectivity index (χ1n) is 4.89. The van der Waals surface area contributed by atoms with Crippen LogP contribution >= 0.6 is 27.5 Å². The quantitative estimate of drug-likeness (QED) is 0.741. The molecule has 2 atom stereocenters. The maximum atomic E-state index is 12.0. The van der Waals surface area contributed by atoms with Gasteiger partial charge in [-0.25, -0.2) is 0 Å². The van der Waals surface area contributed by atoms with Crippen molar-refractivity contribution in [1.29, 1.82) is 0 Å². The van der Waals surface area contributed by atoms with Crippen LogP contribution in [0.5, 0.6) is 0 Å². The molecule has 0 radical (unpaired) electrons. The zero-order valence-corrected chi connectivity index (χ0v) is 10.8. The molecule has 4 nitrogen and oxygen atoms in total.